The van der Waals surface area contributed by atoms with E-state index in [1.807, 2.05) is 6.07 Å². The van der Waals surface area contributed by atoms with Crippen LogP contribution >= 0.6 is 15.9 Å². The van der Waals surface area contributed by atoms with Gasteiger partial charge in [-0.2, -0.15) is 0 Å². The van der Waals surface area contributed by atoms with Gasteiger partial charge in [0, 0.05) is 10.5 Å². The van der Waals surface area contributed by atoms with Crippen LogP contribution in [0.4, 0.5) is 4.39 Å². The van der Waals surface area contributed by atoms with Crippen LogP contribution in [0.5, 0.6) is 0 Å². The Kier molecular flexibility index (Phi) is 4.41. The molecule has 0 bridgehead atoms. The lowest BCUT2D eigenvalue weighted by Gasteiger charge is -2.22. The minimum atomic E-state index is -0.107. The normalized spacial score (nSPS) is 20.5. The van der Waals surface area contributed by atoms with Gasteiger partial charge < -0.3 is 5.32 Å². The van der Waals surface area contributed by atoms with E-state index in [4.69, 9.17) is 0 Å². The smallest absolute Gasteiger partial charge is 0.126 e. The molecule has 0 aromatic heterocycles. The van der Waals surface area contributed by atoms with Gasteiger partial charge in [0.1, 0.15) is 5.82 Å². The van der Waals surface area contributed by atoms with Crippen molar-refractivity contribution in [1.29, 1.82) is 0 Å². The molecule has 0 radical (unpaired) electrons. The fourth-order valence-electron chi connectivity index (χ4n) is 3.35. The molecule has 1 aliphatic rings. The third-order valence-electron chi connectivity index (χ3n) is 4.26. The van der Waals surface area contributed by atoms with Crippen molar-refractivity contribution in [2.24, 2.45) is 5.92 Å². The summed E-state index contributed by atoms with van der Waals surface area (Å²) in [5.74, 6) is 0.301. The molecular weight excluding hydrogens is 329 g/mol. The van der Waals surface area contributed by atoms with E-state index >= 15 is 0 Å². The molecule has 0 heterocycles. The molecule has 1 N–H and O–H groups in total. The van der Waals surface area contributed by atoms with Gasteiger partial charge in [-0.25, -0.2) is 4.39 Å². The second-order valence-electron chi connectivity index (χ2n) is 5.64. The fraction of sp³-hybridized carbons (Fsp3) is 0.333. The summed E-state index contributed by atoms with van der Waals surface area (Å²) in [5.41, 5.74) is 3.56. The Morgan fingerprint density at radius 2 is 2.05 bits per heavy atom. The van der Waals surface area contributed by atoms with Crippen LogP contribution < -0.4 is 5.32 Å². The standard InChI is InChI=1S/C18H19BrFN/c1-2-21-18-14(9-12-5-3-4-6-16(12)18)10-13-11-15(19)7-8-17(13)20/h3-8,11,14,18,21H,2,9-10H2,1H3. The highest BCUT2D eigenvalue weighted by Gasteiger charge is 2.31. The van der Waals surface area contributed by atoms with E-state index in [0.717, 1.165) is 29.4 Å². The van der Waals surface area contributed by atoms with Gasteiger partial charge in [0.25, 0.3) is 0 Å². The summed E-state index contributed by atoms with van der Waals surface area (Å²) in [5, 5.41) is 3.57. The number of nitrogens with one attached hydrogen (secondary N) is 1. The summed E-state index contributed by atoms with van der Waals surface area (Å²) in [4.78, 5) is 0. The largest absolute Gasteiger partial charge is 0.310 e. The molecule has 21 heavy (non-hydrogen) atoms. The zero-order valence-corrected chi connectivity index (χ0v) is 13.7. The van der Waals surface area contributed by atoms with Gasteiger partial charge >= 0.3 is 0 Å². The first-order chi connectivity index (χ1) is 10.2. The van der Waals surface area contributed by atoms with Crippen molar-refractivity contribution < 1.29 is 4.39 Å². The second-order valence-corrected chi connectivity index (χ2v) is 6.55. The minimum absolute atomic E-state index is 0.107. The average Bonchev–Trinajstić information content (AvgIpc) is 2.81. The van der Waals surface area contributed by atoms with Crippen LogP contribution in [-0.2, 0) is 12.8 Å². The van der Waals surface area contributed by atoms with Gasteiger partial charge in [-0.15, -0.1) is 0 Å². The Morgan fingerprint density at radius 3 is 2.86 bits per heavy atom. The van der Waals surface area contributed by atoms with E-state index in [1.54, 1.807) is 12.1 Å². The van der Waals surface area contributed by atoms with Crippen LogP contribution in [0.1, 0.15) is 29.7 Å². The van der Waals surface area contributed by atoms with Gasteiger partial charge in [-0.1, -0.05) is 47.1 Å². The van der Waals surface area contributed by atoms with E-state index in [0.29, 0.717) is 12.0 Å². The monoisotopic (exact) mass is 347 g/mol. The van der Waals surface area contributed by atoms with Crippen molar-refractivity contribution in [1.82, 2.24) is 5.32 Å². The maximum absolute atomic E-state index is 14.0. The van der Waals surface area contributed by atoms with Gasteiger partial charge in [0.15, 0.2) is 0 Å². The summed E-state index contributed by atoms with van der Waals surface area (Å²) in [7, 11) is 0. The van der Waals surface area contributed by atoms with Gasteiger partial charge in [-0.05, 0) is 60.2 Å². The second kappa shape index (κ2) is 6.29. The minimum Gasteiger partial charge on any atom is -0.310 e. The number of benzene rings is 2. The third-order valence-corrected chi connectivity index (χ3v) is 4.75. The maximum atomic E-state index is 14.0. The lowest BCUT2D eigenvalue weighted by Crippen LogP contribution is -2.26. The quantitative estimate of drug-likeness (QED) is 0.848. The summed E-state index contributed by atoms with van der Waals surface area (Å²) in [6.45, 7) is 3.05. The number of hydrogen-bond acceptors (Lipinski definition) is 1. The topological polar surface area (TPSA) is 12.0 Å². The first kappa shape index (κ1) is 14.7. The molecule has 0 fully saturated rings. The molecular formula is C18H19BrFN. The van der Waals surface area contributed by atoms with Gasteiger partial charge in [0.05, 0.1) is 0 Å². The summed E-state index contributed by atoms with van der Waals surface area (Å²) in [6.07, 6.45) is 1.78. The maximum Gasteiger partial charge on any atom is 0.126 e. The summed E-state index contributed by atoms with van der Waals surface area (Å²) >= 11 is 3.44. The molecule has 110 valence electrons. The fourth-order valence-corrected chi connectivity index (χ4v) is 3.76. The van der Waals surface area contributed by atoms with Crippen LogP contribution in [0, 0.1) is 11.7 Å². The SMILES string of the molecule is CCNC1c2ccccc2CC1Cc1cc(Br)ccc1F. The highest BCUT2D eigenvalue weighted by atomic mass is 79.9. The number of hydrogen-bond donors (Lipinski definition) is 1. The average molecular weight is 348 g/mol. The molecule has 0 aliphatic heterocycles. The van der Waals surface area contributed by atoms with Crippen LogP contribution in [0.2, 0.25) is 0 Å². The lowest BCUT2D eigenvalue weighted by atomic mass is 9.92. The zero-order chi connectivity index (χ0) is 14.8. The van der Waals surface area contributed by atoms with E-state index in [9.17, 15) is 4.39 Å². The van der Waals surface area contributed by atoms with Crippen molar-refractivity contribution in [3.63, 3.8) is 0 Å². The number of halogens is 2. The molecule has 0 amide bonds. The molecule has 2 unspecified atom stereocenters. The zero-order valence-electron chi connectivity index (χ0n) is 12.1. The predicted molar refractivity (Wildman–Crippen MR) is 87.9 cm³/mol. The molecule has 3 rings (SSSR count). The van der Waals surface area contributed by atoms with Gasteiger partial charge in [0.2, 0.25) is 0 Å². The molecule has 2 atom stereocenters. The third kappa shape index (κ3) is 3.04. The van der Waals surface area contributed by atoms with Crippen molar-refractivity contribution >= 4 is 15.9 Å². The van der Waals surface area contributed by atoms with E-state index < -0.39 is 0 Å². The van der Waals surface area contributed by atoms with Crippen LogP contribution in [-0.4, -0.2) is 6.54 Å². The van der Waals surface area contributed by atoms with Crippen LogP contribution in [0.15, 0.2) is 46.9 Å². The van der Waals surface area contributed by atoms with E-state index in [2.05, 4.69) is 52.4 Å². The Hall–Kier alpha value is -1.19. The Balaban J connectivity index is 1.87. The Bertz CT molecular complexity index is 641. The van der Waals surface area contributed by atoms with Crippen molar-refractivity contribution in [3.8, 4) is 0 Å². The molecule has 0 saturated carbocycles. The number of rotatable bonds is 4. The predicted octanol–water partition coefficient (Wildman–Crippen LogP) is 4.65. The van der Waals surface area contributed by atoms with E-state index in [-0.39, 0.29) is 5.82 Å². The Labute approximate surface area is 133 Å². The molecule has 0 spiro atoms. The summed E-state index contributed by atoms with van der Waals surface area (Å²) < 4.78 is 15.0. The number of fused-ring (bicyclic) bond motifs is 1. The first-order valence-corrected chi connectivity index (χ1v) is 8.23. The van der Waals surface area contributed by atoms with Crippen LogP contribution in [0.3, 0.4) is 0 Å². The van der Waals surface area contributed by atoms with E-state index in [1.165, 1.54) is 11.1 Å². The molecule has 3 heteroatoms. The molecule has 2 aromatic rings. The van der Waals surface area contributed by atoms with Gasteiger partial charge in [-0.3, -0.25) is 0 Å². The Morgan fingerprint density at radius 1 is 1.24 bits per heavy atom. The van der Waals surface area contributed by atoms with Crippen LogP contribution in [0.25, 0.3) is 0 Å². The van der Waals surface area contributed by atoms with Crippen molar-refractivity contribution in [2.75, 3.05) is 6.54 Å². The van der Waals surface area contributed by atoms with Crippen molar-refractivity contribution in [3.05, 3.63) is 69.4 Å². The highest BCUT2D eigenvalue weighted by molar-refractivity contribution is 9.10. The highest BCUT2D eigenvalue weighted by Crippen LogP contribution is 2.38. The molecule has 2 aromatic carbocycles. The molecule has 1 aliphatic carbocycles. The lowest BCUT2D eigenvalue weighted by molar-refractivity contribution is 0.389. The molecule has 0 saturated heterocycles. The summed E-state index contributed by atoms with van der Waals surface area (Å²) in [6, 6.07) is 14.1. The van der Waals surface area contributed by atoms with Crippen molar-refractivity contribution in [2.45, 2.75) is 25.8 Å². The first-order valence-electron chi connectivity index (χ1n) is 7.44. The molecule has 1 nitrogen and oxygen atoms in total.